The first-order chi connectivity index (χ1) is 13.2. The monoisotopic (exact) mass is 376 g/mol. The highest BCUT2D eigenvalue weighted by atomic mass is 16.5. The Kier molecular flexibility index (Phi) is 9.42. The zero-order valence-electron chi connectivity index (χ0n) is 17.3. The predicted molar refractivity (Wildman–Crippen MR) is 112 cm³/mol. The van der Waals surface area contributed by atoms with Gasteiger partial charge in [-0.1, -0.05) is 32.0 Å². The van der Waals surface area contributed by atoms with Crippen molar-refractivity contribution in [1.29, 1.82) is 0 Å². The van der Waals surface area contributed by atoms with E-state index in [1.807, 2.05) is 18.2 Å². The van der Waals surface area contributed by atoms with E-state index in [1.54, 1.807) is 7.11 Å². The number of methoxy groups -OCH3 is 1. The lowest BCUT2D eigenvalue weighted by Crippen LogP contribution is -2.48. The van der Waals surface area contributed by atoms with E-state index in [4.69, 9.17) is 14.5 Å². The molecule has 1 atom stereocenters. The average molecular weight is 377 g/mol. The molecule has 1 aromatic rings. The van der Waals surface area contributed by atoms with Gasteiger partial charge in [-0.2, -0.15) is 0 Å². The molecule has 0 amide bonds. The Morgan fingerprint density at radius 2 is 1.96 bits per heavy atom. The van der Waals surface area contributed by atoms with Crippen molar-refractivity contribution in [2.45, 2.75) is 33.2 Å². The number of aliphatic imine (C=N–C) groups is 1. The molecule has 6 nitrogen and oxygen atoms in total. The van der Waals surface area contributed by atoms with Crippen molar-refractivity contribution < 1.29 is 9.47 Å². The molecule has 1 heterocycles. The number of guanidine groups is 1. The topological polar surface area (TPSA) is 58.1 Å². The predicted octanol–water partition coefficient (Wildman–Crippen LogP) is 2.15. The molecule has 0 bridgehead atoms. The maximum atomic E-state index is 5.50. The van der Waals surface area contributed by atoms with Crippen LogP contribution in [-0.4, -0.2) is 69.9 Å². The Morgan fingerprint density at radius 1 is 1.22 bits per heavy atom. The molecule has 152 valence electrons. The van der Waals surface area contributed by atoms with Gasteiger partial charge < -0.3 is 20.1 Å². The van der Waals surface area contributed by atoms with Crippen molar-refractivity contribution in [1.82, 2.24) is 15.5 Å². The largest absolute Gasteiger partial charge is 0.496 e. The van der Waals surface area contributed by atoms with Gasteiger partial charge in [0, 0.05) is 32.2 Å². The van der Waals surface area contributed by atoms with Crippen molar-refractivity contribution in [3.63, 3.8) is 0 Å². The summed E-state index contributed by atoms with van der Waals surface area (Å²) >= 11 is 0. The van der Waals surface area contributed by atoms with E-state index in [-0.39, 0.29) is 0 Å². The van der Waals surface area contributed by atoms with E-state index >= 15 is 0 Å². The van der Waals surface area contributed by atoms with Gasteiger partial charge in [-0.05, 0) is 30.9 Å². The minimum Gasteiger partial charge on any atom is -0.496 e. The zero-order valence-corrected chi connectivity index (χ0v) is 17.3. The first kappa shape index (κ1) is 21.5. The minimum atomic E-state index is 0.443. The third kappa shape index (κ3) is 7.03. The molecule has 2 rings (SSSR count). The fraction of sp³-hybridized carbons (Fsp3) is 0.667. The number of benzene rings is 1. The molecule has 1 fully saturated rings. The molecule has 6 heteroatoms. The smallest absolute Gasteiger partial charge is 0.191 e. The van der Waals surface area contributed by atoms with Crippen LogP contribution in [0.2, 0.25) is 0 Å². The summed E-state index contributed by atoms with van der Waals surface area (Å²) < 4.78 is 10.9. The number of nitrogens with one attached hydrogen (secondary N) is 2. The molecule has 0 spiro atoms. The summed E-state index contributed by atoms with van der Waals surface area (Å²) in [6.07, 6.45) is 0.894. The number of morpholine rings is 1. The van der Waals surface area contributed by atoms with Crippen LogP contribution < -0.4 is 15.4 Å². The number of hydrogen-bond acceptors (Lipinski definition) is 4. The van der Waals surface area contributed by atoms with Crippen LogP contribution in [0.25, 0.3) is 0 Å². The second-order valence-electron chi connectivity index (χ2n) is 7.17. The van der Waals surface area contributed by atoms with Gasteiger partial charge in [-0.15, -0.1) is 0 Å². The summed E-state index contributed by atoms with van der Waals surface area (Å²) in [4.78, 5) is 7.37. The van der Waals surface area contributed by atoms with Crippen molar-refractivity contribution in [2.75, 3.05) is 53.0 Å². The van der Waals surface area contributed by atoms with Crippen molar-refractivity contribution in [2.24, 2.45) is 10.9 Å². The van der Waals surface area contributed by atoms with Gasteiger partial charge in [-0.3, -0.25) is 9.89 Å². The van der Waals surface area contributed by atoms with Crippen LogP contribution in [0.4, 0.5) is 0 Å². The van der Waals surface area contributed by atoms with E-state index in [2.05, 4.69) is 42.4 Å². The highest BCUT2D eigenvalue weighted by Crippen LogP contribution is 2.17. The van der Waals surface area contributed by atoms with E-state index in [9.17, 15) is 0 Å². The van der Waals surface area contributed by atoms with Gasteiger partial charge in [0.1, 0.15) is 5.75 Å². The summed E-state index contributed by atoms with van der Waals surface area (Å²) in [5.74, 6) is 2.38. The van der Waals surface area contributed by atoms with Gasteiger partial charge >= 0.3 is 0 Å². The van der Waals surface area contributed by atoms with Crippen molar-refractivity contribution in [3.8, 4) is 5.75 Å². The van der Waals surface area contributed by atoms with Gasteiger partial charge in [0.15, 0.2) is 5.96 Å². The summed E-state index contributed by atoms with van der Waals surface area (Å²) in [6, 6.07) is 8.60. The molecule has 1 aliphatic heterocycles. The molecule has 1 aliphatic rings. The van der Waals surface area contributed by atoms with E-state index in [0.29, 0.717) is 12.0 Å². The average Bonchev–Trinajstić information content (AvgIpc) is 2.69. The Labute approximate surface area is 164 Å². The fourth-order valence-electron chi connectivity index (χ4n) is 3.41. The first-order valence-electron chi connectivity index (χ1n) is 10.1. The molecule has 0 aromatic heterocycles. The van der Waals surface area contributed by atoms with Gasteiger partial charge in [0.2, 0.25) is 0 Å². The fourth-order valence-corrected chi connectivity index (χ4v) is 3.41. The number of ether oxygens (including phenoxy) is 2. The first-order valence-corrected chi connectivity index (χ1v) is 10.1. The number of nitrogens with zero attached hydrogens (tertiary/aromatic N) is 2. The van der Waals surface area contributed by atoms with Crippen LogP contribution in [0.5, 0.6) is 5.75 Å². The maximum absolute atomic E-state index is 5.50. The van der Waals surface area contributed by atoms with Crippen molar-refractivity contribution in [3.05, 3.63) is 29.8 Å². The van der Waals surface area contributed by atoms with Crippen LogP contribution in [0, 0.1) is 5.92 Å². The second kappa shape index (κ2) is 11.8. The van der Waals surface area contributed by atoms with Crippen LogP contribution in [-0.2, 0) is 11.2 Å². The van der Waals surface area contributed by atoms with Crippen LogP contribution in [0.1, 0.15) is 26.3 Å². The highest BCUT2D eigenvalue weighted by molar-refractivity contribution is 5.79. The summed E-state index contributed by atoms with van der Waals surface area (Å²) in [7, 11) is 1.72. The quantitative estimate of drug-likeness (QED) is 0.511. The van der Waals surface area contributed by atoms with Gasteiger partial charge in [0.05, 0.1) is 26.9 Å². The number of hydrogen-bond donors (Lipinski definition) is 2. The van der Waals surface area contributed by atoms with Gasteiger partial charge in [0.25, 0.3) is 0 Å². The Bertz CT molecular complexity index is 571. The Hall–Kier alpha value is -1.79. The van der Waals surface area contributed by atoms with Crippen LogP contribution in [0.15, 0.2) is 29.3 Å². The molecule has 1 unspecified atom stereocenters. The van der Waals surface area contributed by atoms with E-state index in [0.717, 1.165) is 64.1 Å². The SMILES string of the molecule is CCNC(=NCC(C(C)C)N1CCOCC1)NCCc1ccccc1OC. The third-order valence-corrected chi connectivity index (χ3v) is 4.94. The molecule has 1 aromatic carbocycles. The molecule has 0 radical (unpaired) electrons. The molecule has 2 N–H and O–H groups in total. The maximum Gasteiger partial charge on any atom is 0.191 e. The molecule has 27 heavy (non-hydrogen) atoms. The lowest BCUT2D eigenvalue weighted by atomic mass is 10.0. The third-order valence-electron chi connectivity index (χ3n) is 4.94. The molecule has 0 aliphatic carbocycles. The summed E-state index contributed by atoms with van der Waals surface area (Å²) in [5.41, 5.74) is 1.21. The number of rotatable bonds is 9. The second-order valence-corrected chi connectivity index (χ2v) is 7.17. The molecular formula is C21H36N4O2. The lowest BCUT2D eigenvalue weighted by molar-refractivity contribution is 0.00867. The molecule has 1 saturated heterocycles. The van der Waals surface area contributed by atoms with E-state index < -0.39 is 0 Å². The number of para-hydroxylation sites is 1. The molecular weight excluding hydrogens is 340 g/mol. The molecule has 0 saturated carbocycles. The Balaban J connectivity index is 1.91. The lowest BCUT2D eigenvalue weighted by Gasteiger charge is -2.36. The van der Waals surface area contributed by atoms with Crippen molar-refractivity contribution >= 4 is 5.96 Å². The summed E-state index contributed by atoms with van der Waals surface area (Å²) in [6.45, 7) is 12.7. The zero-order chi connectivity index (χ0) is 19.5. The Morgan fingerprint density at radius 3 is 2.63 bits per heavy atom. The standard InChI is InChI=1S/C21H36N4O2/c1-5-22-21(23-11-10-18-8-6-7-9-20(18)26-4)24-16-19(17(2)3)25-12-14-27-15-13-25/h6-9,17,19H,5,10-16H2,1-4H3,(H2,22,23,24). The van der Waals surface area contributed by atoms with Crippen LogP contribution >= 0.6 is 0 Å². The highest BCUT2D eigenvalue weighted by Gasteiger charge is 2.23. The van der Waals surface area contributed by atoms with E-state index in [1.165, 1.54) is 5.56 Å². The van der Waals surface area contributed by atoms with Crippen LogP contribution in [0.3, 0.4) is 0 Å². The summed E-state index contributed by atoms with van der Waals surface area (Å²) in [5, 5.41) is 6.82. The van der Waals surface area contributed by atoms with Gasteiger partial charge in [-0.25, -0.2) is 0 Å². The normalized spacial score (nSPS) is 17.0. The minimum absolute atomic E-state index is 0.443.